The van der Waals surface area contributed by atoms with Crippen molar-refractivity contribution >= 4 is 5.69 Å². The molecule has 0 aliphatic rings. The molecule has 0 amide bonds. The van der Waals surface area contributed by atoms with E-state index in [9.17, 15) is 9.50 Å². The Bertz CT molecular complexity index is 569. The molecule has 2 aromatic carbocycles. The maximum atomic E-state index is 13.7. The molecule has 0 fully saturated rings. The Hall–Kier alpha value is -2.23. The second-order valence-corrected chi connectivity index (χ2v) is 4.54. The van der Waals surface area contributed by atoms with E-state index >= 15 is 0 Å². The largest absolute Gasteiger partial charge is 0.508 e. The number of hydrogen-bond donors (Lipinski definition) is 2. The molecule has 3 nitrogen and oxygen atoms in total. The van der Waals surface area contributed by atoms with Crippen molar-refractivity contribution in [2.24, 2.45) is 0 Å². The first-order valence-corrected chi connectivity index (χ1v) is 6.58. The first kappa shape index (κ1) is 14.2. The van der Waals surface area contributed by atoms with Crippen LogP contribution in [0.15, 0.2) is 42.5 Å². The highest BCUT2D eigenvalue weighted by Crippen LogP contribution is 2.25. The van der Waals surface area contributed by atoms with Crippen LogP contribution < -0.4 is 10.1 Å². The number of nitrogens with one attached hydrogen (secondary N) is 1. The quantitative estimate of drug-likeness (QED) is 0.863. The molecule has 0 radical (unpaired) electrons. The van der Waals surface area contributed by atoms with E-state index in [4.69, 9.17) is 4.74 Å². The summed E-state index contributed by atoms with van der Waals surface area (Å²) in [7, 11) is 0. The zero-order chi connectivity index (χ0) is 14.5. The first-order chi connectivity index (χ1) is 9.60. The van der Waals surface area contributed by atoms with E-state index in [0.29, 0.717) is 12.3 Å². The standard InChI is InChI=1S/C16H18FNO2/c1-3-20-16-9-6-13(10-15(16)17)18-11(2)12-4-7-14(19)8-5-12/h4-11,18-19H,3H2,1-2H3. The molecule has 0 bridgehead atoms. The number of phenols is 1. The maximum Gasteiger partial charge on any atom is 0.167 e. The minimum Gasteiger partial charge on any atom is -0.508 e. The van der Waals surface area contributed by atoms with Crippen molar-refractivity contribution in [3.63, 3.8) is 0 Å². The third-order valence-electron chi connectivity index (χ3n) is 3.01. The fraction of sp³-hybridized carbons (Fsp3) is 0.250. The van der Waals surface area contributed by atoms with Gasteiger partial charge in [0.25, 0.3) is 0 Å². The summed E-state index contributed by atoms with van der Waals surface area (Å²) in [5.41, 5.74) is 1.70. The Labute approximate surface area is 118 Å². The average Bonchev–Trinajstić information content (AvgIpc) is 2.42. The first-order valence-electron chi connectivity index (χ1n) is 6.58. The summed E-state index contributed by atoms with van der Waals surface area (Å²) >= 11 is 0. The van der Waals surface area contributed by atoms with Crippen LogP contribution in [0.1, 0.15) is 25.5 Å². The van der Waals surface area contributed by atoms with Crippen LogP contribution in [0.2, 0.25) is 0 Å². The van der Waals surface area contributed by atoms with Gasteiger partial charge in [0, 0.05) is 17.8 Å². The molecule has 4 heteroatoms. The Balaban J connectivity index is 2.09. The van der Waals surface area contributed by atoms with Crippen LogP contribution in [0.3, 0.4) is 0 Å². The Morgan fingerprint density at radius 1 is 1.20 bits per heavy atom. The molecule has 0 aliphatic carbocycles. The van der Waals surface area contributed by atoms with E-state index < -0.39 is 0 Å². The molecule has 1 atom stereocenters. The molecule has 0 aliphatic heterocycles. The van der Waals surface area contributed by atoms with Crippen LogP contribution in [0.5, 0.6) is 11.5 Å². The highest BCUT2D eigenvalue weighted by atomic mass is 19.1. The van der Waals surface area contributed by atoms with Gasteiger partial charge in [0.05, 0.1) is 6.61 Å². The monoisotopic (exact) mass is 275 g/mol. The number of anilines is 1. The molecule has 2 rings (SSSR count). The van der Waals surface area contributed by atoms with Crippen LogP contribution in [-0.4, -0.2) is 11.7 Å². The summed E-state index contributed by atoms with van der Waals surface area (Å²) in [6, 6.07) is 11.7. The van der Waals surface area contributed by atoms with Crippen molar-refractivity contribution in [2.45, 2.75) is 19.9 Å². The highest BCUT2D eigenvalue weighted by Gasteiger charge is 2.08. The topological polar surface area (TPSA) is 41.5 Å². The summed E-state index contributed by atoms with van der Waals surface area (Å²) in [5.74, 6) is 0.109. The van der Waals surface area contributed by atoms with Crippen molar-refractivity contribution < 1.29 is 14.2 Å². The lowest BCUT2D eigenvalue weighted by Gasteiger charge is -2.16. The highest BCUT2D eigenvalue weighted by molar-refractivity contribution is 5.49. The van der Waals surface area contributed by atoms with Gasteiger partial charge in [-0.15, -0.1) is 0 Å². The number of rotatable bonds is 5. The summed E-state index contributed by atoms with van der Waals surface area (Å²) in [6.07, 6.45) is 0. The number of aromatic hydroxyl groups is 1. The smallest absolute Gasteiger partial charge is 0.167 e. The fourth-order valence-electron chi connectivity index (χ4n) is 1.96. The summed E-state index contributed by atoms with van der Waals surface area (Å²) < 4.78 is 18.9. The lowest BCUT2D eigenvalue weighted by atomic mass is 10.1. The Kier molecular flexibility index (Phi) is 4.45. The third-order valence-corrected chi connectivity index (χ3v) is 3.01. The molecule has 0 aromatic heterocycles. The molecule has 0 heterocycles. The van der Waals surface area contributed by atoms with Crippen LogP contribution in [0.25, 0.3) is 0 Å². The van der Waals surface area contributed by atoms with E-state index in [1.54, 1.807) is 24.3 Å². The van der Waals surface area contributed by atoms with Gasteiger partial charge in [0.2, 0.25) is 0 Å². The number of benzene rings is 2. The van der Waals surface area contributed by atoms with Crippen molar-refractivity contribution in [3.05, 3.63) is 53.8 Å². The molecule has 0 spiro atoms. The fourth-order valence-corrected chi connectivity index (χ4v) is 1.96. The second-order valence-electron chi connectivity index (χ2n) is 4.54. The molecule has 106 valence electrons. The third kappa shape index (κ3) is 3.41. The van der Waals surface area contributed by atoms with E-state index in [-0.39, 0.29) is 23.4 Å². The second kappa shape index (κ2) is 6.28. The van der Waals surface area contributed by atoms with Crippen molar-refractivity contribution in [3.8, 4) is 11.5 Å². The normalized spacial score (nSPS) is 11.9. The van der Waals surface area contributed by atoms with E-state index in [2.05, 4.69) is 5.32 Å². The molecule has 2 aromatic rings. The van der Waals surface area contributed by atoms with Gasteiger partial charge < -0.3 is 15.2 Å². The summed E-state index contributed by atoms with van der Waals surface area (Å²) in [6.45, 7) is 4.23. The predicted molar refractivity (Wildman–Crippen MR) is 77.7 cm³/mol. The van der Waals surface area contributed by atoms with Gasteiger partial charge in [-0.05, 0) is 43.7 Å². The summed E-state index contributed by atoms with van der Waals surface area (Å²) in [4.78, 5) is 0. The van der Waals surface area contributed by atoms with Gasteiger partial charge in [0.15, 0.2) is 11.6 Å². The van der Waals surface area contributed by atoms with Crippen LogP contribution in [-0.2, 0) is 0 Å². The molecule has 2 N–H and O–H groups in total. The number of hydrogen-bond acceptors (Lipinski definition) is 3. The number of phenolic OH excluding ortho intramolecular Hbond substituents is 1. The predicted octanol–water partition coefficient (Wildman–Crippen LogP) is 4.10. The van der Waals surface area contributed by atoms with Gasteiger partial charge in [-0.1, -0.05) is 12.1 Å². The number of halogens is 1. The van der Waals surface area contributed by atoms with Crippen molar-refractivity contribution in [1.82, 2.24) is 0 Å². The zero-order valence-corrected chi connectivity index (χ0v) is 11.6. The van der Waals surface area contributed by atoms with Crippen LogP contribution >= 0.6 is 0 Å². The van der Waals surface area contributed by atoms with E-state index in [1.807, 2.05) is 26.0 Å². The lowest BCUT2D eigenvalue weighted by molar-refractivity contribution is 0.321. The van der Waals surface area contributed by atoms with Crippen LogP contribution in [0, 0.1) is 5.82 Å². The lowest BCUT2D eigenvalue weighted by Crippen LogP contribution is -2.06. The molecular formula is C16H18FNO2. The van der Waals surface area contributed by atoms with Gasteiger partial charge in [-0.2, -0.15) is 0 Å². The average molecular weight is 275 g/mol. The molecule has 1 unspecified atom stereocenters. The SMILES string of the molecule is CCOc1ccc(NC(C)c2ccc(O)cc2)cc1F. The minimum atomic E-state index is -0.380. The van der Waals surface area contributed by atoms with Gasteiger partial charge >= 0.3 is 0 Å². The Morgan fingerprint density at radius 3 is 2.50 bits per heavy atom. The number of ether oxygens (including phenoxy) is 1. The van der Waals surface area contributed by atoms with Gasteiger partial charge in [-0.25, -0.2) is 4.39 Å². The van der Waals surface area contributed by atoms with Crippen molar-refractivity contribution in [2.75, 3.05) is 11.9 Å². The zero-order valence-electron chi connectivity index (χ0n) is 11.6. The Morgan fingerprint density at radius 2 is 1.90 bits per heavy atom. The molecule has 20 heavy (non-hydrogen) atoms. The molecule has 0 saturated carbocycles. The summed E-state index contributed by atoms with van der Waals surface area (Å²) in [5, 5.41) is 12.5. The maximum absolute atomic E-state index is 13.7. The molecular weight excluding hydrogens is 257 g/mol. The van der Waals surface area contributed by atoms with E-state index in [0.717, 1.165) is 5.56 Å². The van der Waals surface area contributed by atoms with Crippen molar-refractivity contribution in [1.29, 1.82) is 0 Å². The van der Waals surface area contributed by atoms with Crippen LogP contribution in [0.4, 0.5) is 10.1 Å². The minimum absolute atomic E-state index is 0.00736. The van der Waals surface area contributed by atoms with Gasteiger partial charge in [0.1, 0.15) is 5.75 Å². The molecule has 0 saturated heterocycles. The van der Waals surface area contributed by atoms with E-state index in [1.165, 1.54) is 6.07 Å². The van der Waals surface area contributed by atoms with Gasteiger partial charge in [-0.3, -0.25) is 0 Å².